The lowest BCUT2D eigenvalue weighted by molar-refractivity contribution is -0.384. The summed E-state index contributed by atoms with van der Waals surface area (Å²) in [6.07, 6.45) is 4.72. The summed E-state index contributed by atoms with van der Waals surface area (Å²) in [6.45, 7) is -0.105. The van der Waals surface area contributed by atoms with Gasteiger partial charge in [0.05, 0.1) is 33.3 Å². The zero-order chi connectivity index (χ0) is 23.4. The van der Waals surface area contributed by atoms with Crippen LogP contribution in [0.15, 0.2) is 54.6 Å². The molecule has 3 aliphatic rings. The van der Waals surface area contributed by atoms with Crippen LogP contribution < -0.4 is 0 Å². The number of nitro groups is 1. The van der Waals surface area contributed by atoms with Crippen molar-refractivity contribution in [3.8, 4) is 0 Å². The van der Waals surface area contributed by atoms with Gasteiger partial charge >= 0.3 is 0 Å². The van der Waals surface area contributed by atoms with Crippen molar-refractivity contribution in [3.63, 3.8) is 0 Å². The van der Waals surface area contributed by atoms with E-state index in [1.54, 1.807) is 18.2 Å². The largest absolute Gasteiger partial charge is 0.273 e. The molecule has 0 N–H and O–H groups in total. The summed E-state index contributed by atoms with van der Waals surface area (Å²) in [5, 5.41) is 13.6. The fourth-order valence-electron chi connectivity index (χ4n) is 5.04. The summed E-state index contributed by atoms with van der Waals surface area (Å²) in [5.74, 6) is -2.42. The minimum absolute atomic E-state index is 0.0113. The molecule has 2 fully saturated rings. The van der Waals surface area contributed by atoms with E-state index in [0.29, 0.717) is 10.6 Å². The Kier molecular flexibility index (Phi) is 5.22. The van der Waals surface area contributed by atoms with E-state index in [-0.39, 0.29) is 34.7 Å². The zero-order valence-corrected chi connectivity index (χ0v) is 18.6. The Morgan fingerprint density at radius 3 is 2.15 bits per heavy atom. The number of nitro benzene ring substituents is 1. The molecule has 1 heterocycles. The smallest absolute Gasteiger partial charge is 0.272 e. The molecule has 0 aromatic heterocycles. The first-order valence-corrected chi connectivity index (χ1v) is 11.1. The number of carbonyl (C=O) groups is 3. The normalized spacial score (nSPS) is 25.0. The van der Waals surface area contributed by atoms with Crippen LogP contribution >= 0.6 is 23.2 Å². The molecule has 10 heteroatoms. The highest BCUT2D eigenvalue weighted by Gasteiger charge is 2.61. The first kappa shape index (κ1) is 21.6. The van der Waals surface area contributed by atoms with E-state index in [1.165, 1.54) is 24.3 Å². The molecule has 0 spiro atoms. The highest BCUT2D eigenvalue weighted by atomic mass is 35.5. The first-order chi connectivity index (χ1) is 15.8. The summed E-state index contributed by atoms with van der Waals surface area (Å²) in [6, 6.07) is 9.81. The molecular weight excluding hydrogens is 469 g/mol. The van der Waals surface area contributed by atoms with Crippen molar-refractivity contribution in [3.05, 3.63) is 85.9 Å². The van der Waals surface area contributed by atoms with Crippen LogP contribution in [-0.2, 0) is 16.1 Å². The standard InChI is InChI=1S/C23H17Cl2N3O5/c24-17-8-1-12(9-18(17)25)11-26(21(29)13-4-6-16(7-5-13)28(32)33)27-22(30)19-14-2-3-15(10-14)20(19)23(27)31/h1-9,14-15,19-20H,10-11H2/t14-,15-,19+,20+/m0/s1. The van der Waals surface area contributed by atoms with Crippen molar-refractivity contribution in [2.45, 2.75) is 13.0 Å². The van der Waals surface area contributed by atoms with Crippen molar-refractivity contribution in [2.75, 3.05) is 0 Å². The maximum atomic E-state index is 13.5. The highest BCUT2D eigenvalue weighted by Crippen LogP contribution is 2.53. The second kappa shape index (κ2) is 7.97. The third kappa shape index (κ3) is 3.50. The molecule has 0 unspecified atom stereocenters. The van der Waals surface area contributed by atoms with Gasteiger partial charge in [0, 0.05) is 17.7 Å². The van der Waals surface area contributed by atoms with Gasteiger partial charge in [-0.1, -0.05) is 41.4 Å². The van der Waals surface area contributed by atoms with Gasteiger partial charge in [-0.25, -0.2) is 5.01 Å². The number of hydrazine groups is 1. The lowest BCUT2D eigenvalue weighted by atomic mass is 9.85. The number of halogens is 2. The zero-order valence-electron chi connectivity index (χ0n) is 17.1. The van der Waals surface area contributed by atoms with Gasteiger partial charge in [0.15, 0.2) is 0 Å². The summed E-state index contributed by atoms with van der Waals surface area (Å²) < 4.78 is 0. The molecular formula is C23H17Cl2N3O5. The molecule has 33 heavy (non-hydrogen) atoms. The van der Waals surface area contributed by atoms with Gasteiger partial charge in [0.2, 0.25) is 0 Å². The number of nitrogens with zero attached hydrogens (tertiary/aromatic N) is 3. The Bertz CT molecular complexity index is 1200. The number of benzene rings is 2. The van der Waals surface area contributed by atoms with E-state index >= 15 is 0 Å². The molecule has 4 atom stereocenters. The van der Waals surface area contributed by atoms with Gasteiger partial charge in [-0.05, 0) is 48.1 Å². The van der Waals surface area contributed by atoms with E-state index in [2.05, 4.69) is 0 Å². The van der Waals surface area contributed by atoms with E-state index in [1.807, 2.05) is 12.2 Å². The number of carbonyl (C=O) groups excluding carboxylic acids is 3. The fraction of sp³-hybridized carbons (Fsp3) is 0.261. The van der Waals surface area contributed by atoms with E-state index in [0.717, 1.165) is 16.4 Å². The molecule has 2 aliphatic carbocycles. The molecule has 168 valence electrons. The molecule has 0 radical (unpaired) electrons. The SMILES string of the molecule is O=C(c1ccc([N+](=O)[O-])cc1)N(Cc1ccc(Cl)c(Cl)c1)N1C(=O)[C@H]2[C@H](C1=O)[C@H]1C=C[C@H]2C1. The van der Waals surface area contributed by atoms with Gasteiger partial charge in [-0.3, -0.25) is 24.5 Å². The number of rotatable bonds is 5. The van der Waals surface area contributed by atoms with E-state index in [9.17, 15) is 24.5 Å². The van der Waals surface area contributed by atoms with Crippen LogP contribution in [0.5, 0.6) is 0 Å². The summed E-state index contributed by atoms with van der Waals surface area (Å²) in [5.41, 5.74) is 0.505. The van der Waals surface area contributed by atoms with Crippen LogP contribution in [0.2, 0.25) is 10.0 Å². The van der Waals surface area contributed by atoms with Crippen molar-refractivity contribution >= 4 is 46.6 Å². The summed E-state index contributed by atoms with van der Waals surface area (Å²) >= 11 is 12.1. The van der Waals surface area contributed by atoms with E-state index < -0.39 is 34.5 Å². The molecule has 5 rings (SSSR count). The number of hydrogen-bond donors (Lipinski definition) is 0. The van der Waals surface area contributed by atoms with Crippen LogP contribution in [0.3, 0.4) is 0 Å². The minimum Gasteiger partial charge on any atom is -0.272 e. The lowest BCUT2D eigenvalue weighted by Crippen LogP contribution is -2.50. The number of allylic oxidation sites excluding steroid dienone is 2. The Morgan fingerprint density at radius 2 is 1.61 bits per heavy atom. The predicted molar refractivity (Wildman–Crippen MR) is 119 cm³/mol. The van der Waals surface area contributed by atoms with Crippen LogP contribution in [-0.4, -0.2) is 32.7 Å². The number of hydrogen-bond acceptors (Lipinski definition) is 5. The maximum Gasteiger partial charge on any atom is 0.273 e. The molecule has 2 aromatic carbocycles. The molecule has 2 aromatic rings. The Balaban J connectivity index is 1.52. The second-order valence-electron chi connectivity index (χ2n) is 8.40. The van der Waals surface area contributed by atoms with Gasteiger partial charge < -0.3 is 0 Å². The predicted octanol–water partition coefficient (Wildman–Crippen LogP) is 4.27. The van der Waals surface area contributed by atoms with Crippen LogP contribution in [0.1, 0.15) is 22.3 Å². The van der Waals surface area contributed by atoms with Crippen molar-refractivity contribution in [1.29, 1.82) is 0 Å². The van der Waals surface area contributed by atoms with Gasteiger partial charge in [0.1, 0.15) is 0 Å². The molecule has 3 amide bonds. The summed E-state index contributed by atoms with van der Waals surface area (Å²) in [7, 11) is 0. The fourth-order valence-corrected chi connectivity index (χ4v) is 5.36. The Labute approximate surface area is 198 Å². The minimum atomic E-state index is -0.627. The maximum absolute atomic E-state index is 13.5. The monoisotopic (exact) mass is 485 g/mol. The van der Waals surface area contributed by atoms with Crippen molar-refractivity contribution in [1.82, 2.24) is 10.0 Å². The van der Waals surface area contributed by atoms with Gasteiger partial charge in [0.25, 0.3) is 23.4 Å². The molecule has 8 nitrogen and oxygen atoms in total. The molecule has 2 bridgehead atoms. The molecule has 1 saturated carbocycles. The van der Waals surface area contributed by atoms with Crippen LogP contribution in [0, 0.1) is 33.8 Å². The quantitative estimate of drug-likeness (QED) is 0.272. The topological polar surface area (TPSA) is 101 Å². The molecule has 1 saturated heterocycles. The third-order valence-corrected chi connectivity index (χ3v) is 7.30. The number of fused-ring (bicyclic) bond motifs is 5. The third-order valence-electron chi connectivity index (χ3n) is 6.56. The van der Waals surface area contributed by atoms with Crippen molar-refractivity contribution in [2.24, 2.45) is 23.7 Å². The number of non-ortho nitro benzene ring substituents is 1. The van der Waals surface area contributed by atoms with E-state index in [4.69, 9.17) is 23.2 Å². The first-order valence-electron chi connectivity index (χ1n) is 10.3. The lowest BCUT2D eigenvalue weighted by Gasteiger charge is -2.31. The molecule has 1 aliphatic heterocycles. The van der Waals surface area contributed by atoms with Crippen LogP contribution in [0.4, 0.5) is 5.69 Å². The average Bonchev–Trinajstić information content (AvgIpc) is 3.48. The average molecular weight is 486 g/mol. The van der Waals surface area contributed by atoms with Gasteiger partial charge in [-0.15, -0.1) is 0 Å². The highest BCUT2D eigenvalue weighted by molar-refractivity contribution is 6.42. The second-order valence-corrected chi connectivity index (χ2v) is 9.22. The summed E-state index contributed by atoms with van der Waals surface area (Å²) in [4.78, 5) is 50.6. The number of imide groups is 1. The van der Waals surface area contributed by atoms with Crippen LogP contribution in [0.25, 0.3) is 0 Å². The number of amides is 3. The van der Waals surface area contributed by atoms with Gasteiger partial charge in [-0.2, -0.15) is 5.01 Å². The Morgan fingerprint density at radius 1 is 1.00 bits per heavy atom. The van der Waals surface area contributed by atoms with Crippen molar-refractivity contribution < 1.29 is 19.3 Å². The Hall–Kier alpha value is -3.23.